The van der Waals surface area contributed by atoms with Gasteiger partial charge in [-0.15, -0.1) is 0 Å². The number of hydrogen-bond acceptors (Lipinski definition) is 6. The van der Waals surface area contributed by atoms with E-state index < -0.39 is 0 Å². The molecule has 1 fully saturated rings. The summed E-state index contributed by atoms with van der Waals surface area (Å²) in [6, 6.07) is 16.2. The lowest BCUT2D eigenvalue weighted by atomic mass is 9.86. The maximum atomic E-state index is 12.7. The van der Waals surface area contributed by atoms with Gasteiger partial charge in [0.25, 0.3) is 0 Å². The summed E-state index contributed by atoms with van der Waals surface area (Å²) in [4.78, 5) is 30.9. The second-order valence-electron chi connectivity index (χ2n) is 8.05. The number of allylic oxidation sites excluding steroid dienone is 1. The number of aromatic nitrogens is 3. The van der Waals surface area contributed by atoms with Crippen LogP contribution >= 0.6 is 0 Å². The highest BCUT2D eigenvalue weighted by atomic mass is 16.1. The van der Waals surface area contributed by atoms with Gasteiger partial charge in [0.2, 0.25) is 5.95 Å². The molecule has 0 radical (unpaired) electrons. The Balaban J connectivity index is 1.28. The summed E-state index contributed by atoms with van der Waals surface area (Å²) in [5.41, 5.74) is 2.70. The lowest BCUT2D eigenvalue weighted by Gasteiger charge is -2.35. The number of hydrogen-bond donors (Lipinski definition) is 0. The summed E-state index contributed by atoms with van der Waals surface area (Å²) in [5, 5.41) is 0. The molecular weight excluding hydrogens is 386 g/mol. The largest absolute Gasteiger partial charge is 0.353 e. The van der Waals surface area contributed by atoms with Gasteiger partial charge >= 0.3 is 0 Å². The zero-order chi connectivity index (χ0) is 21.0. The van der Waals surface area contributed by atoms with Crippen LogP contribution in [0, 0.1) is 5.92 Å². The van der Waals surface area contributed by atoms with Crippen LogP contribution in [-0.4, -0.2) is 46.9 Å². The van der Waals surface area contributed by atoms with Gasteiger partial charge in [-0.2, -0.15) is 0 Å². The highest BCUT2D eigenvalue weighted by Gasteiger charge is 2.27. The second kappa shape index (κ2) is 8.68. The number of anilines is 2. The smallest absolute Gasteiger partial charge is 0.225 e. The molecule has 5 rings (SSSR count). The van der Waals surface area contributed by atoms with Crippen LogP contribution in [0.3, 0.4) is 0 Å². The van der Waals surface area contributed by atoms with Gasteiger partial charge in [-0.1, -0.05) is 48.6 Å². The van der Waals surface area contributed by atoms with E-state index >= 15 is 0 Å². The average molecular weight is 412 g/mol. The van der Waals surface area contributed by atoms with Crippen LogP contribution in [0.15, 0.2) is 67.0 Å². The van der Waals surface area contributed by atoms with Gasteiger partial charge in [0, 0.05) is 45.0 Å². The molecule has 3 aromatic rings. The Morgan fingerprint density at radius 3 is 2.42 bits per heavy atom. The first-order chi connectivity index (χ1) is 15.3. The van der Waals surface area contributed by atoms with Crippen LogP contribution in [0.25, 0.3) is 6.08 Å². The van der Waals surface area contributed by atoms with Crippen molar-refractivity contribution in [3.8, 4) is 0 Å². The Labute approximate surface area is 182 Å². The molecule has 1 unspecified atom stereocenters. The Morgan fingerprint density at radius 2 is 1.65 bits per heavy atom. The van der Waals surface area contributed by atoms with E-state index in [0.29, 0.717) is 12.0 Å². The van der Waals surface area contributed by atoms with Crippen LogP contribution in [-0.2, 0) is 6.42 Å². The van der Waals surface area contributed by atoms with Gasteiger partial charge in [-0.25, -0.2) is 15.0 Å². The average Bonchev–Trinajstić information content (AvgIpc) is 2.84. The Kier molecular flexibility index (Phi) is 5.44. The molecule has 1 aromatic carbocycles. The van der Waals surface area contributed by atoms with E-state index in [-0.39, 0.29) is 11.7 Å². The molecule has 156 valence electrons. The van der Waals surface area contributed by atoms with Gasteiger partial charge in [-0.05, 0) is 30.0 Å². The fourth-order valence-electron chi connectivity index (χ4n) is 4.24. The van der Waals surface area contributed by atoms with Gasteiger partial charge in [-0.3, -0.25) is 4.79 Å². The van der Waals surface area contributed by atoms with E-state index in [1.54, 1.807) is 6.20 Å². The number of rotatable bonds is 4. The van der Waals surface area contributed by atoms with Crippen LogP contribution in [0.2, 0.25) is 0 Å². The molecule has 3 heterocycles. The number of nitrogens with zero attached hydrogens (tertiary/aromatic N) is 5. The third-order valence-corrected chi connectivity index (χ3v) is 5.95. The molecule has 6 heteroatoms. The maximum absolute atomic E-state index is 12.7. The molecule has 0 saturated carbocycles. The fourth-order valence-corrected chi connectivity index (χ4v) is 4.24. The molecule has 2 aliphatic rings. The number of Topliss-reactive ketones (excluding diaryl/α,β-unsaturated/α-hetero) is 1. The third-order valence-electron chi connectivity index (χ3n) is 5.95. The lowest BCUT2D eigenvalue weighted by Crippen LogP contribution is -2.47. The quantitative estimate of drug-likeness (QED) is 0.653. The minimum Gasteiger partial charge on any atom is -0.353 e. The zero-order valence-electron chi connectivity index (χ0n) is 17.4. The molecule has 6 nitrogen and oxygen atoms in total. The summed E-state index contributed by atoms with van der Waals surface area (Å²) in [6.07, 6.45) is 9.08. The normalized spacial score (nSPS) is 19.0. The second-order valence-corrected chi connectivity index (χ2v) is 8.05. The van der Waals surface area contributed by atoms with Crippen LogP contribution < -0.4 is 9.80 Å². The van der Waals surface area contributed by atoms with Crippen molar-refractivity contribution in [1.29, 1.82) is 0 Å². The minimum atomic E-state index is 0.135. The molecule has 0 spiro atoms. The number of pyridine rings is 1. The first-order valence-electron chi connectivity index (χ1n) is 10.8. The summed E-state index contributed by atoms with van der Waals surface area (Å²) >= 11 is 0. The van der Waals surface area contributed by atoms with Crippen molar-refractivity contribution in [2.75, 3.05) is 36.0 Å². The molecule has 1 saturated heterocycles. The topological polar surface area (TPSA) is 62.2 Å². The molecular formula is C25H25N5O. The monoisotopic (exact) mass is 411 g/mol. The molecule has 0 N–H and O–H groups in total. The number of benzene rings is 1. The summed E-state index contributed by atoms with van der Waals surface area (Å²) in [7, 11) is 0. The van der Waals surface area contributed by atoms with Gasteiger partial charge < -0.3 is 9.80 Å². The summed E-state index contributed by atoms with van der Waals surface area (Å²) in [6.45, 7) is 3.42. The standard InChI is InChI=1S/C25H25N5O/c31-23-17-20(10-9-19-6-2-1-3-7-19)16-22-21(23)18-27-25(28-22)30-14-12-29(13-15-30)24-8-4-5-11-26-24/h1-11,18,20H,12-17H2/b10-9+. The van der Waals surface area contributed by atoms with Gasteiger partial charge in [0.05, 0.1) is 11.3 Å². The van der Waals surface area contributed by atoms with Crippen LogP contribution in [0.1, 0.15) is 28.0 Å². The molecule has 0 amide bonds. The van der Waals surface area contributed by atoms with E-state index in [4.69, 9.17) is 4.98 Å². The number of ketones is 1. The molecule has 0 bridgehead atoms. The number of carbonyl (C=O) groups excluding carboxylic acids is 1. The number of piperazine rings is 1. The Morgan fingerprint density at radius 1 is 0.871 bits per heavy atom. The third kappa shape index (κ3) is 4.33. The van der Waals surface area contributed by atoms with E-state index in [2.05, 4.69) is 44.1 Å². The summed E-state index contributed by atoms with van der Waals surface area (Å²) < 4.78 is 0. The summed E-state index contributed by atoms with van der Waals surface area (Å²) in [5.74, 6) is 2.03. The zero-order valence-corrected chi connectivity index (χ0v) is 17.4. The molecule has 1 aliphatic heterocycles. The van der Waals surface area contributed by atoms with Crippen molar-refractivity contribution in [2.24, 2.45) is 5.92 Å². The maximum Gasteiger partial charge on any atom is 0.225 e. The first kappa shape index (κ1) is 19.4. The van der Waals surface area contributed by atoms with Crippen molar-refractivity contribution < 1.29 is 4.79 Å². The number of carbonyl (C=O) groups is 1. The highest BCUT2D eigenvalue weighted by molar-refractivity contribution is 5.98. The fraction of sp³-hybridized carbons (Fsp3) is 0.280. The van der Waals surface area contributed by atoms with Gasteiger partial charge in [0.15, 0.2) is 5.78 Å². The lowest BCUT2D eigenvalue weighted by molar-refractivity contribution is 0.0957. The first-order valence-corrected chi connectivity index (χ1v) is 10.8. The predicted octanol–water partition coefficient (Wildman–Crippen LogP) is 3.66. The van der Waals surface area contributed by atoms with Crippen LogP contribution in [0.4, 0.5) is 11.8 Å². The molecule has 31 heavy (non-hydrogen) atoms. The van der Waals surface area contributed by atoms with Crippen molar-refractivity contribution in [1.82, 2.24) is 15.0 Å². The van der Waals surface area contributed by atoms with E-state index in [0.717, 1.165) is 55.6 Å². The SMILES string of the molecule is O=C1CC(/C=C/c2ccccc2)Cc2nc(N3CCN(c4ccccn4)CC3)ncc21. The Bertz CT molecular complexity index is 1080. The van der Waals surface area contributed by atoms with Crippen molar-refractivity contribution in [3.63, 3.8) is 0 Å². The number of fused-ring (bicyclic) bond motifs is 1. The van der Waals surface area contributed by atoms with Crippen LogP contribution in [0.5, 0.6) is 0 Å². The van der Waals surface area contributed by atoms with Crippen molar-refractivity contribution in [2.45, 2.75) is 12.8 Å². The van der Waals surface area contributed by atoms with E-state index in [1.165, 1.54) is 0 Å². The minimum absolute atomic E-state index is 0.135. The molecule has 1 aliphatic carbocycles. The van der Waals surface area contributed by atoms with Crippen molar-refractivity contribution >= 4 is 23.6 Å². The molecule has 1 atom stereocenters. The van der Waals surface area contributed by atoms with Crippen molar-refractivity contribution in [3.05, 3.63) is 83.8 Å². The van der Waals surface area contributed by atoms with E-state index in [9.17, 15) is 4.79 Å². The Hall–Kier alpha value is -3.54. The molecule has 2 aromatic heterocycles. The highest BCUT2D eigenvalue weighted by Crippen LogP contribution is 2.27. The van der Waals surface area contributed by atoms with Gasteiger partial charge in [0.1, 0.15) is 5.82 Å². The van der Waals surface area contributed by atoms with E-state index in [1.807, 2.05) is 42.6 Å². The predicted molar refractivity (Wildman–Crippen MR) is 122 cm³/mol.